The van der Waals surface area contributed by atoms with Crippen LogP contribution in [0.15, 0.2) is 35.4 Å². The Morgan fingerprint density at radius 3 is 2.56 bits per heavy atom. The van der Waals surface area contributed by atoms with Crippen molar-refractivity contribution >= 4 is 12.0 Å². The van der Waals surface area contributed by atoms with E-state index in [1.54, 1.807) is 0 Å². The quantitative estimate of drug-likeness (QED) is 0.811. The largest absolute Gasteiger partial charge is 0.339 e. The Morgan fingerprint density at radius 1 is 1.17 bits per heavy atom. The lowest BCUT2D eigenvalue weighted by atomic mass is 10.0. The standard InChI is InChI=1S/C15H21N3/c1-2-17-12-16-18(14-10-4-3-5-11-14)15(17)13-8-6-7-9-13/h3-5,10-13,15H,2,6-9H2,1H3/t15-/m1/s1. The van der Waals surface area contributed by atoms with Gasteiger partial charge >= 0.3 is 0 Å². The average Bonchev–Trinajstić information content (AvgIpc) is 3.08. The van der Waals surface area contributed by atoms with Gasteiger partial charge in [0.15, 0.2) is 0 Å². The van der Waals surface area contributed by atoms with Crippen LogP contribution in [0.2, 0.25) is 0 Å². The van der Waals surface area contributed by atoms with E-state index in [-0.39, 0.29) is 0 Å². The molecule has 2 aliphatic rings. The number of rotatable bonds is 3. The molecule has 1 aromatic carbocycles. The molecule has 1 aliphatic carbocycles. The Kier molecular flexibility index (Phi) is 3.22. The zero-order chi connectivity index (χ0) is 12.4. The van der Waals surface area contributed by atoms with E-state index in [1.165, 1.54) is 31.4 Å². The van der Waals surface area contributed by atoms with Crippen molar-refractivity contribution in [2.45, 2.75) is 38.8 Å². The molecule has 3 heteroatoms. The minimum atomic E-state index is 0.430. The number of hydrogen-bond donors (Lipinski definition) is 0. The summed E-state index contributed by atoms with van der Waals surface area (Å²) < 4.78 is 0. The maximum absolute atomic E-state index is 4.62. The van der Waals surface area contributed by atoms with E-state index in [2.05, 4.69) is 52.3 Å². The summed E-state index contributed by atoms with van der Waals surface area (Å²) in [4.78, 5) is 2.38. The first-order valence-electron chi connectivity index (χ1n) is 7.04. The van der Waals surface area contributed by atoms with Crippen LogP contribution >= 0.6 is 0 Å². The summed E-state index contributed by atoms with van der Waals surface area (Å²) in [6.45, 7) is 3.25. The van der Waals surface area contributed by atoms with Gasteiger partial charge in [-0.05, 0) is 37.8 Å². The third-order valence-corrected chi connectivity index (χ3v) is 4.12. The normalized spacial score (nSPS) is 24.2. The van der Waals surface area contributed by atoms with Crippen LogP contribution in [0.5, 0.6) is 0 Å². The Morgan fingerprint density at radius 2 is 1.89 bits per heavy atom. The van der Waals surface area contributed by atoms with Crippen LogP contribution < -0.4 is 5.01 Å². The van der Waals surface area contributed by atoms with Crippen molar-refractivity contribution in [1.82, 2.24) is 4.90 Å². The van der Waals surface area contributed by atoms with Crippen molar-refractivity contribution in [2.75, 3.05) is 11.6 Å². The van der Waals surface area contributed by atoms with Gasteiger partial charge in [0.05, 0.1) is 5.69 Å². The number of hydrogen-bond acceptors (Lipinski definition) is 3. The fraction of sp³-hybridized carbons (Fsp3) is 0.533. The number of hydrazone groups is 1. The second-order valence-electron chi connectivity index (χ2n) is 5.20. The van der Waals surface area contributed by atoms with Crippen LogP contribution in [0.3, 0.4) is 0 Å². The highest BCUT2D eigenvalue weighted by molar-refractivity contribution is 5.64. The molecule has 0 radical (unpaired) electrons. The number of benzene rings is 1. The number of nitrogens with zero attached hydrogens (tertiary/aromatic N) is 3. The molecule has 0 N–H and O–H groups in total. The molecule has 96 valence electrons. The first-order valence-corrected chi connectivity index (χ1v) is 7.04. The van der Waals surface area contributed by atoms with Crippen molar-refractivity contribution in [3.8, 4) is 0 Å². The molecule has 0 aromatic heterocycles. The first kappa shape index (κ1) is 11.6. The van der Waals surface area contributed by atoms with Gasteiger partial charge in [-0.1, -0.05) is 31.0 Å². The molecule has 0 unspecified atom stereocenters. The van der Waals surface area contributed by atoms with Gasteiger partial charge in [-0.3, -0.25) is 0 Å². The number of para-hydroxylation sites is 1. The van der Waals surface area contributed by atoms with E-state index < -0.39 is 0 Å². The average molecular weight is 243 g/mol. The fourth-order valence-electron chi connectivity index (χ4n) is 3.19. The van der Waals surface area contributed by atoms with Gasteiger partial charge in [-0.25, -0.2) is 5.01 Å². The van der Waals surface area contributed by atoms with E-state index in [1.807, 2.05) is 6.34 Å². The van der Waals surface area contributed by atoms with E-state index in [4.69, 9.17) is 0 Å². The zero-order valence-corrected chi connectivity index (χ0v) is 11.0. The maximum atomic E-state index is 4.62. The van der Waals surface area contributed by atoms with Crippen LogP contribution in [0.4, 0.5) is 5.69 Å². The molecule has 18 heavy (non-hydrogen) atoms. The van der Waals surface area contributed by atoms with Gasteiger partial charge in [0.25, 0.3) is 0 Å². The zero-order valence-electron chi connectivity index (χ0n) is 11.0. The van der Waals surface area contributed by atoms with Crippen LogP contribution in [-0.4, -0.2) is 23.9 Å². The predicted molar refractivity (Wildman–Crippen MR) is 75.5 cm³/mol. The lowest BCUT2D eigenvalue weighted by Crippen LogP contribution is -2.44. The minimum Gasteiger partial charge on any atom is -0.339 e. The highest BCUT2D eigenvalue weighted by atomic mass is 15.6. The van der Waals surface area contributed by atoms with Crippen LogP contribution in [-0.2, 0) is 0 Å². The van der Waals surface area contributed by atoms with Crippen molar-refractivity contribution in [3.05, 3.63) is 30.3 Å². The van der Waals surface area contributed by atoms with E-state index in [9.17, 15) is 0 Å². The van der Waals surface area contributed by atoms with E-state index >= 15 is 0 Å². The fourth-order valence-corrected chi connectivity index (χ4v) is 3.19. The minimum absolute atomic E-state index is 0.430. The molecule has 1 atom stereocenters. The van der Waals surface area contributed by atoms with E-state index in [0.717, 1.165) is 12.5 Å². The van der Waals surface area contributed by atoms with Gasteiger partial charge in [-0.15, -0.1) is 0 Å². The highest BCUT2D eigenvalue weighted by Gasteiger charge is 2.36. The maximum Gasteiger partial charge on any atom is 0.127 e. The topological polar surface area (TPSA) is 18.8 Å². The van der Waals surface area contributed by atoms with Crippen molar-refractivity contribution < 1.29 is 0 Å². The summed E-state index contributed by atoms with van der Waals surface area (Å²) in [6, 6.07) is 10.5. The highest BCUT2D eigenvalue weighted by Crippen LogP contribution is 2.35. The van der Waals surface area contributed by atoms with Crippen molar-refractivity contribution in [1.29, 1.82) is 0 Å². The Balaban J connectivity index is 1.86. The summed E-state index contributed by atoms with van der Waals surface area (Å²) in [7, 11) is 0. The second kappa shape index (κ2) is 5.01. The van der Waals surface area contributed by atoms with Gasteiger partial charge in [-0.2, -0.15) is 5.10 Å². The predicted octanol–water partition coefficient (Wildman–Crippen LogP) is 3.29. The third-order valence-electron chi connectivity index (χ3n) is 4.12. The Labute approximate surface area is 109 Å². The smallest absolute Gasteiger partial charge is 0.127 e. The monoisotopic (exact) mass is 243 g/mol. The van der Waals surface area contributed by atoms with Crippen LogP contribution in [0.25, 0.3) is 0 Å². The second-order valence-corrected chi connectivity index (χ2v) is 5.20. The molecule has 3 nitrogen and oxygen atoms in total. The van der Waals surface area contributed by atoms with Crippen LogP contribution in [0.1, 0.15) is 32.6 Å². The molecule has 1 fully saturated rings. The molecule has 0 saturated heterocycles. The van der Waals surface area contributed by atoms with Crippen molar-refractivity contribution in [2.24, 2.45) is 11.0 Å². The summed E-state index contributed by atoms with van der Waals surface area (Å²) in [5.41, 5.74) is 1.21. The third kappa shape index (κ3) is 1.98. The molecule has 0 spiro atoms. The van der Waals surface area contributed by atoms with Gasteiger partial charge in [0.1, 0.15) is 12.5 Å². The Bertz CT molecular complexity index is 409. The van der Waals surface area contributed by atoms with Gasteiger partial charge in [0, 0.05) is 6.54 Å². The lowest BCUT2D eigenvalue weighted by molar-refractivity contribution is 0.253. The molecular formula is C15H21N3. The molecular weight excluding hydrogens is 222 g/mol. The first-order chi connectivity index (χ1) is 8.90. The molecule has 3 rings (SSSR count). The SMILES string of the molecule is CCN1C=NN(c2ccccc2)[C@@H]1C1CCCC1. The lowest BCUT2D eigenvalue weighted by Gasteiger charge is -2.34. The number of anilines is 1. The Hall–Kier alpha value is -1.51. The molecule has 0 bridgehead atoms. The van der Waals surface area contributed by atoms with E-state index in [0.29, 0.717) is 6.17 Å². The van der Waals surface area contributed by atoms with Crippen LogP contribution in [0, 0.1) is 5.92 Å². The molecule has 1 heterocycles. The molecule has 1 saturated carbocycles. The molecule has 1 aliphatic heterocycles. The summed E-state index contributed by atoms with van der Waals surface area (Å²) >= 11 is 0. The summed E-state index contributed by atoms with van der Waals surface area (Å²) in [5.74, 6) is 0.757. The van der Waals surface area contributed by atoms with Crippen molar-refractivity contribution in [3.63, 3.8) is 0 Å². The molecule has 1 aromatic rings. The summed E-state index contributed by atoms with van der Waals surface area (Å²) in [6.07, 6.45) is 7.88. The molecule has 0 amide bonds. The van der Waals surface area contributed by atoms with Gasteiger partial charge in [0.2, 0.25) is 0 Å². The van der Waals surface area contributed by atoms with Gasteiger partial charge < -0.3 is 4.90 Å². The summed E-state index contributed by atoms with van der Waals surface area (Å²) in [5, 5.41) is 6.83.